The highest BCUT2D eigenvalue weighted by molar-refractivity contribution is 5.75. The van der Waals surface area contributed by atoms with Crippen LogP contribution in [0.15, 0.2) is 60.7 Å². The van der Waals surface area contributed by atoms with E-state index in [1.165, 1.54) is 11.1 Å². The average molecular weight is 380 g/mol. The van der Waals surface area contributed by atoms with Gasteiger partial charge in [0.15, 0.2) is 0 Å². The molecule has 1 aliphatic rings. The largest absolute Gasteiger partial charge is 0.376 e. The lowest BCUT2D eigenvalue weighted by Gasteiger charge is -2.46. The van der Waals surface area contributed by atoms with Crippen molar-refractivity contribution in [1.82, 2.24) is 4.90 Å². The maximum atomic E-state index is 12.7. The highest BCUT2D eigenvalue weighted by atomic mass is 16.5. The zero-order valence-corrected chi connectivity index (χ0v) is 17.5. The molecule has 1 aliphatic heterocycles. The summed E-state index contributed by atoms with van der Waals surface area (Å²) in [5, 5.41) is 0. The molecule has 0 aliphatic carbocycles. The Morgan fingerprint density at radius 2 is 1.68 bits per heavy atom. The Hall–Kier alpha value is -2.13. The molecule has 0 spiro atoms. The number of nitrogens with zero attached hydrogens (tertiary/aromatic N) is 1. The molecule has 1 amide bonds. The Kier molecular flexibility index (Phi) is 6.56. The quantitative estimate of drug-likeness (QED) is 0.650. The van der Waals surface area contributed by atoms with E-state index < -0.39 is 0 Å². The topological polar surface area (TPSA) is 29.5 Å². The lowest BCUT2D eigenvalue weighted by atomic mass is 9.67. The fourth-order valence-electron chi connectivity index (χ4n) is 4.54. The molecule has 3 nitrogen and oxygen atoms in total. The van der Waals surface area contributed by atoms with Gasteiger partial charge in [-0.05, 0) is 44.2 Å². The molecule has 1 saturated heterocycles. The number of hydrogen-bond donors (Lipinski definition) is 0. The van der Waals surface area contributed by atoms with E-state index in [4.69, 9.17) is 4.74 Å². The summed E-state index contributed by atoms with van der Waals surface area (Å²) in [6, 6.07) is 21.1. The maximum absolute atomic E-state index is 12.7. The molecule has 0 aromatic heterocycles. The molecule has 1 heterocycles. The van der Waals surface area contributed by atoms with Crippen molar-refractivity contribution >= 4 is 5.91 Å². The number of hydrogen-bond acceptors (Lipinski definition) is 2. The van der Waals surface area contributed by atoms with Crippen molar-refractivity contribution in [1.29, 1.82) is 0 Å². The average Bonchev–Trinajstić information content (AvgIpc) is 2.71. The molecule has 1 fully saturated rings. The number of rotatable bonds is 7. The number of carbonyl (C=O) groups excluding carboxylic acids is 1. The lowest BCUT2D eigenvalue weighted by molar-refractivity contribution is -0.132. The zero-order valence-electron chi connectivity index (χ0n) is 17.5. The van der Waals surface area contributed by atoms with Crippen molar-refractivity contribution in [2.75, 3.05) is 13.2 Å². The van der Waals surface area contributed by atoms with Crippen molar-refractivity contribution < 1.29 is 9.53 Å². The van der Waals surface area contributed by atoms with E-state index in [1.807, 2.05) is 30.0 Å². The minimum Gasteiger partial charge on any atom is -0.376 e. The Labute approximate surface area is 169 Å². The molecular formula is C25H33NO2. The third-order valence-electron chi connectivity index (χ3n) is 5.96. The van der Waals surface area contributed by atoms with Gasteiger partial charge in [0.2, 0.25) is 5.91 Å². The van der Waals surface area contributed by atoms with Crippen LogP contribution >= 0.6 is 0 Å². The van der Waals surface area contributed by atoms with E-state index in [2.05, 4.69) is 56.3 Å². The summed E-state index contributed by atoms with van der Waals surface area (Å²) in [5.74, 6) is 0.221. The summed E-state index contributed by atoms with van der Waals surface area (Å²) >= 11 is 0. The molecular weight excluding hydrogens is 346 g/mol. The van der Waals surface area contributed by atoms with Crippen LogP contribution in [0.2, 0.25) is 0 Å². The Bertz CT molecular complexity index is 757. The number of ether oxygens (including phenoxy) is 1. The fourth-order valence-corrected chi connectivity index (χ4v) is 4.54. The predicted octanol–water partition coefficient (Wildman–Crippen LogP) is 5.34. The van der Waals surface area contributed by atoms with E-state index in [0.717, 1.165) is 32.4 Å². The number of carbonyl (C=O) groups is 1. The van der Waals surface area contributed by atoms with Crippen molar-refractivity contribution in [3.8, 4) is 0 Å². The van der Waals surface area contributed by atoms with Crippen LogP contribution in [-0.2, 0) is 21.5 Å². The molecule has 2 aromatic rings. The van der Waals surface area contributed by atoms with Gasteiger partial charge in [0.1, 0.15) is 0 Å². The van der Waals surface area contributed by atoms with Crippen LogP contribution in [0.3, 0.4) is 0 Å². The van der Waals surface area contributed by atoms with Crippen LogP contribution in [0.25, 0.3) is 0 Å². The first-order valence-corrected chi connectivity index (χ1v) is 10.5. The van der Waals surface area contributed by atoms with Crippen LogP contribution in [0, 0.1) is 0 Å². The van der Waals surface area contributed by atoms with Crippen LogP contribution in [0.4, 0.5) is 0 Å². The summed E-state index contributed by atoms with van der Waals surface area (Å²) in [4.78, 5) is 14.7. The minimum atomic E-state index is -0.146. The Balaban J connectivity index is 1.82. The summed E-state index contributed by atoms with van der Waals surface area (Å²) < 4.78 is 6.03. The molecule has 0 saturated carbocycles. The second kappa shape index (κ2) is 8.91. The first-order chi connectivity index (χ1) is 13.4. The summed E-state index contributed by atoms with van der Waals surface area (Å²) in [5.41, 5.74) is 2.46. The van der Waals surface area contributed by atoms with E-state index >= 15 is 0 Å². The summed E-state index contributed by atoms with van der Waals surface area (Å²) in [6.07, 6.45) is 3.48. The van der Waals surface area contributed by atoms with Crippen LogP contribution < -0.4 is 0 Å². The van der Waals surface area contributed by atoms with E-state index in [0.29, 0.717) is 13.0 Å². The van der Waals surface area contributed by atoms with Crippen molar-refractivity contribution in [3.63, 3.8) is 0 Å². The van der Waals surface area contributed by atoms with Gasteiger partial charge in [-0.25, -0.2) is 0 Å². The van der Waals surface area contributed by atoms with Gasteiger partial charge in [-0.2, -0.15) is 0 Å². The maximum Gasteiger partial charge on any atom is 0.222 e. The molecule has 0 radical (unpaired) electrons. The number of benzene rings is 2. The first-order valence-electron chi connectivity index (χ1n) is 10.5. The molecule has 0 bridgehead atoms. The summed E-state index contributed by atoms with van der Waals surface area (Å²) in [6.45, 7) is 8.53. The van der Waals surface area contributed by atoms with Gasteiger partial charge < -0.3 is 9.64 Å². The third kappa shape index (κ3) is 5.02. The first kappa shape index (κ1) is 20.6. The molecule has 0 unspecified atom stereocenters. The summed E-state index contributed by atoms with van der Waals surface area (Å²) in [7, 11) is 0. The Morgan fingerprint density at radius 3 is 2.29 bits per heavy atom. The smallest absolute Gasteiger partial charge is 0.222 e. The van der Waals surface area contributed by atoms with Gasteiger partial charge in [-0.1, -0.05) is 67.6 Å². The second-order valence-electron chi connectivity index (χ2n) is 8.59. The second-order valence-corrected chi connectivity index (χ2v) is 8.59. The van der Waals surface area contributed by atoms with Gasteiger partial charge in [-0.3, -0.25) is 4.79 Å². The molecule has 150 valence electrons. The minimum absolute atomic E-state index is 0.0476. The van der Waals surface area contributed by atoms with Crippen molar-refractivity contribution in [2.24, 2.45) is 0 Å². The predicted molar refractivity (Wildman–Crippen MR) is 114 cm³/mol. The van der Waals surface area contributed by atoms with Crippen LogP contribution in [0.5, 0.6) is 0 Å². The molecule has 3 heteroatoms. The molecule has 0 N–H and O–H groups in total. The van der Waals surface area contributed by atoms with Gasteiger partial charge in [0.05, 0.1) is 5.60 Å². The highest BCUT2D eigenvalue weighted by Crippen LogP contribution is 2.44. The van der Waals surface area contributed by atoms with E-state index in [-0.39, 0.29) is 16.9 Å². The van der Waals surface area contributed by atoms with E-state index in [9.17, 15) is 4.79 Å². The van der Waals surface area contributed by atoms with Crippen LogP contribution in [-0.4, -0.2) is 29.6 Å². The van der Waals surface area contributed by atoms with Gasteiger partial charge in [0.25, 0.3) is 0 Å². The van der Waals surface area contributed by atoms with Crippen LogP contribution in [0.1, 0.15) is 57.6 Å². The van der Waals surface area contributed by atoms with Gasteiger partial charge in [0, 0.05) is 31.5 Å². The van der Waals surface area contributed by atoms with E-state index in [1.54, 1.807) is 0 Å². The zero-order chi connectivity index (χ0) is 20.0. The SMILES string of the molecule is CCC(=O)N(CC[C@]1(c2ccccc2)CCOC(C)(C)C1)Cc1ccccc1. The molecule has 3 rings (SSSR count). The van der Waals surface area contributed by atoms with Gasteiger partial charge >= 0.3 is 0 Å². The molecule has 1 atom stereocenters. The molecule has 2 aromatic carbocycles. The lowest BCUT2D eigenvalue weighted by Crippen LogP contribution is -2.46. The Morgan fingerprint density at radius 1 is 1.04 bits per heavy atom. The van der Waals surface area contributed by atoms with Crippen molar-refractivity contribution in [3.05, 3.63) is 71.8 Å². The van der Waals surface area contributed by atoms with Gasteiger partial charge in [-0.15, -0.1) is 0 Å². The monoisotopic (exact) mass is 379 g/mol. The third-order valence-corrected chi connectivity index (χ3v) is 5.96. The normalized spacial score (nSPS) is 21.2. The highest BCUT2D eigenvalue weighted by Gasteiger charge is 2.42. The van der Waals surface area contributed by atoms with Crippen molar-refractivity contribution in [2.45, 2.75) is 64.0 Å². The number of amides is 1. The fraction of sp³-hybridized carbons (Fsp3) is 0.480. The molecule has 28 heavy (non-hydrogen) atoms. The standard InChI is InChI=1S/C25H33NO2/c1-4-23(27)26(19-21-11-7-5-8-12-21)17-15-25(22-13-9-6-10-14-22)16-18-28-24(2,3)20-25/h5-14H,4,15-20H2,1-3H3/t25-/m0/s1.